The van der Waals surface area contributed by atoms with Crippen molar-refractivity contribution in [3.8, 4) is 5.75 Å². The molecule has 2 N–H and O–H groups in total. The summed E-state index contributed by atoms with van der Waals surface area (Å²) in [6, 6.07) is 9.58. The molecule has 0 bridgehead atoms. The first kappa shape index (κ1) is 18.7. The number of rotatable bonds is 6. The molecule has 0 atom stereocenters. The third kappa shape index (κ3) is 5.74. The second-order valence-electron chi connectivity index (χ2n) is 6.91. The van der Waals surface area contributed by atoms with Crippen LogP contribution in [0.4, 0.5) is 5.95 Å². The fourth-order valence-corrected chi connectivity index (χ4v) is 2.39. The van der Waals surface area contributed by atoms with E-state index < -0.39 is 0 Å². The van der Waals surface area contributed by atoms with Crippen molar-refractivity contribution in [3.05, 3.63) is 47.3 Å². The first-order valence-electron chi connectivity index (χ1n) is 8.32. The number of hydrogen-bond donors (Lipinski definition) is 2. The Morgan fingerprint density at radius 1 is 1.20 bits per heavy atom. The fourth-order valence-electron chi connectivity index (χ4n) is 2.39. The first-order chi connectivity index (χ1) is 11.8. The number of aromatic nitrogens is 2. The lowest BCUT2D eigenvalue weighted by Gasteiger charge is -2.20. The Bertz CT molecular complexity index is 738. The van der Waals surface area contributed by atoms with E-state index in [2.05, 4.69) is 20.6 Å². The molecule has 0 spiro atoms. The maximum absolute atomic E-state index is 12.3. The Kier molecular flexibility index (Phi) is 5.96. The zero-order valence-corrected chi connectivity index (χ0v) is 15.5. The molecule has 6 nitrogen and oxygen atoms in total. The van der Waals surface area contributed by atoms with Crippen molar-refractivity contribution in [1.29, 1.82) is 0 Å². The highest BCUT2D eigenvalue weighted by Crippen LogP contribution is 2.17. The summed E-state index contributed by atoms with van der Waals surface area (Å²) >= 11 is 0. The minimum Gasteiger partial charge on any atom is -0.496 e. The lowest BCUT2D eigenvalue weighted by atomic mass is 10.1. The van der Waals surface area contributed by atoms with Gasteiger partial charge in [0.25, 0.3) is 5.91 Å². The molecule has 0 saturated heterocycles. The van der Waals surface area contributed by atoms with E-state index in [1.165, 1.54) is 0 Å². The highest BCUT2D eigenvalue weighted by Gasteiger charge is 2.17. The van der Waals surface area contributed by atoms with E-state index in [1.54, 1.807) is 13.2 Å². The third-order valence-corrected chi connectivity index (χ3v) is 3.45. The second kappa shape index (κ2) is 7.96. The van der Waals surface area contributed by atoms with Gasteiger partial charge in [0.2, 0.25) is 5.95 Å². The molecule has 1 amide bonds. The number of amides is 1. The van der Waals surface area contributed by atoms with E-state index in [0.29, 0.717) is 18.2 Å². The number of methoxy groups -OCH3 is 1. The van der Waals surface area contributed by atoms with Crippen LogP contribution in [0.3, 0.4) is 0 Å². The van der Waals surface area contributed by atoms with Crippen molar-refractivity contribution in [2.75, 3.05) is 19.0 Å². The summed E-state index contributed by atoms with van der Waals surface area (Å²) < 4.78 is 5.35. The van der Waals surface area contributed by atoms with Crippen molar-refractivity contribution in [2.24, 2.45) is 0 Å². The molecule has 0 radical (unpaired) electrons. The molecule has 0 fully saturated rings. The number of anilines is 1. The van der Waals surface area contributed by atoms with E-state index >= 15 is 0 Å². The first-order valence-corrected chi connectivity index (χ1v) is 8.32. The van der Waals surface area contributed by atoms with Gasteiger partial charge < -0.3 is 15.4 Å². The lowest BCUT2D eigenvalue weighted by Crippen LogP contribution is -2.41. The van der Waals surface area contributed by atoms with Gasteiger partial charge in [-0.15, -0.1) is 0 Å². The normalized spacial score (nSPS) is 11.1. The van der Waals surface area contributed by atoms with Gasteiger partial charge in [-0.2, -0.15) is 0 Å². The minimum absolute atomic E-state index is 0.203. The second-order valence-corrected chi connectivity index (χ2v) is 6.91. The van der Waals surface area contributed by atoms with Gasteiger partial charge in [-0.25, -0.2) is 9.97 Å². The largest absolute Gasteiger partial charge is 0.496 e. The smallest absolute Gasteiger partial charge is 0.270 e. The fraction of sp³-hybridized carbons (Fsp3) is 0.421. The molecule has 0 aliphatic rings. The number of carbonyl (C=O) groups is 1. The molecular formula is C19H26N4O2. The number of para-hydroxylation sites is 1. The molecule has 6 heteroatoms. The quantitative estimate of drug-likeness (QED) is 0.844. The van der Waals surface area contributed by atoms with Gasteiger partial charge in [-0.1, -0.05) is 18.2 Å². The van der Waals surface area contributed by atoms with Crippen molar-refractivity contribution in [3.63, 3.8) is 0 Å². The third-order valence-electron chi connectivity index (χ3n) is 3.45. The number of carbonyl (C=O) groups excluding carboxylic acids is 1. The van der Waals surface area contributed by atoms with E-state index in [0.717, 1.165) is 23.4 Å². The van der Waals surface area contributed by atoms with E-state index in [9.17, 15) is 4.79 Å². The molecule has 134 valence electrons. The Balaban J connectivity index is 2.04. The highest BCUT2D eigenvalue weighted by molar-refractivity contribution is 5.93. The van der Waals surface area contributed by atoms with Crippen LogP contribution in [0, 0.1) is 6.92 Å². The Hall–Kier alpha value is -2.63. The van der Waals surface area contributed by atoms with Crippen LogP contribution in [0.25, 0.3) is 0 Å². The number of aryl methyl sites for hydroxylation is 1. The highest BCUT2D eigenvalue weighted by atomic mass is 16.5. The molecule has 0 saturated carbocycles. The molecule has 1 aromatic carbocycles. The molecule has 25 heavy (non-hydrogen) atoms. The van der Waals surface area contributed by atoms with Gasteiger partial charge in [0.15, 0.2) is 0 Å². The van der Waals surface area contributed by atoms with Crippen molar-refractivity contribution in [1.82, 2.24) is 15.3 Å². The number of nitrogens with zero attached hydrogens (tertiary/aromatic N) is 2. The van der Waals surface area contributed by atoms with Crippen LogP contribution in [0.15, 0.2) is 30.3 Å². The summed E-state index contributed by atoms with van der Waals surface area (Å²) in [6.07, 6.45) is 0.769. The van der Waals surface area contributed by atoms with E-state index in [4.69, 9.17) is 4.74 Å². The van der Waals surface area contributed by atoms with E-state index in [1.807, 2.05) is 52.0 Å². The maximum atomic E-state index is 12.3. The van der Waals surface area contributed by atoms with Gasteiger partial charge in [0.1, 0.15) is 11.4 Å². The predicted octanol–water partition coefficient (Wildman–Crippen LogP) is 2.98. The van der Waals surface area contributed by atoms with Crippen LogP contribution in [-0.2, 0) is 6.42 Å². The van der Waals surface area contributed by atoms with Crippen molar-refractivity contribution < 1.29 is 9.53 Å². The Morgan fingerprint density at radius 2 is 1.92 bits per heavy atom. The predicted molar refractivity (Wildman–Crippen MR) is 99.2 cm³/mol. The molecule has 1 heterocycles. The van der Waals surface area contributed by atoms with Crippen LogP contribution in [-0.4, -0.2) is 35.1 Å². The van der Waals surface area contributed by atoms with Crippen LogP contribution < -0.4 is 15.4 Å². The van der Waals surface area contributed by atoms with Gasteiger partial charge in [0, 0.05) is 17.8 Å². The molecule has 1 aromatic heterocycles. The Morgan fingerprint density at radius 3 is 2.60 bits per heavy atom. The summed E-state index contributed by atoms with van der Waals surface area (Å²) in [5.74, 6) is 1.11. The number of ether oxygens (including phenoxy) is 1. The average molecular weight is 342 g/mol. The molecule has 2 rings (SSSR count). The number of nitrogens with one attached hydrogen (secondary N) is 2. The zero-order valence-electron chi connectivity index (χ0n) is 15.5. The summed E-state index contributed by atoms with van der Waals surface area (Å²) in [5, 5.41) is 6.10. The SMILES string of the molecule is COc1ccccc1CCNc1nc(C)cc(C(=O)NC(C)(C)C)n1. The van der Waals surface area contributed by atoms with E-state index in [-0.39, 0.29) is 11.4 Å². The topological polar surface area (TPSA) is 76.1 Å². The summed E-state index contributed by atoms with van der Waals surface area (Å²) in [7, 11) is 1.66. The maximum Gasteiger partial charge on any atom is 0.270 e. The Labute approximate surface area is 149 Å². The average Bonchev–Trinajstić information content (AvgIpc) is 2.53. The van der Waals surface area contributed by atoms with Gasteiger partial charge in [-0.05, 0) is 51.8 Å². The van der Waals surface area contributed by atoms with Crippen molar-refractivity contribution >= 4 is 11.9 Å². The minimum atomic E-state index is -0.312. The zero-order chi connectivity index (χ0) is 18.4. The summed E-state index contributed by atoms with van der Waals surface area (Å²) in [4.78, 5) is 21.0. The van der Waals surface area contributed by atoms with Gasteiger partial charge in [0.05, 0.1) is 7.11 Å². The van der Waals surface area contributed by atoms with Gasteiger partial charge in [-0.3, -0.25) is 4.79 Å². The number of hydrogen-bond acceptors (Lipinski definition) is 5. The molecular weight excluding hydrogens is 316 g/mol. The summed E-state index contributed by atoms with van der Waals surface area (Å²) in [5.41, 5.74) is 1.90. The molecule has 0 aliphatic heterocycles. The van der Waals surface area contributed by atoms with Crippen LogP contribution in [0.2, 0.25) is 0 Å². The standard InChI is InChI=1S/C19H26N4O2/c1-13-12-15(17(24)23-19(2,3)4)22-18(21-13)20-11-10-14-8-6-7-9-16(14)25-5/h6-9,12H,10-11H2,1-5H3,(H,23,24)(H,20,21,22). The van der Waals surface area contributed by atoms with Crippen LogP contribution >= 0.6 is 0 Å². The van der Waals surface area contributed by atoms with Gasteiger partial charge >= 0.3 is 0 Å². The molecule has 2 aromatic rings. The summed E-state index contributed by atoms with van der Waals surface area (Å²) in [6.45, 7) is 8.30. The van der Waals surface area contributed by atoms with Crippen LogP contribution in [0.1, 0.15) is 42.5 Å². The van der Waals surface area contributed by atoms with Crippen LogP contribution in [0.5, 0.6) is 5.75 Å². The monoisotopic (exact) mass is 342 g/mol. The van der Waals surface area contributed by atoms with Crippen molar-refractivity contribution in [2.45, 2.75) is 39.7 Å². The number of benzene rings is 1. The molecule has 0 unspecified atom stereocenters. The lowest BCUT2D eigenvalue weighted by molar-refractivity contribution is 0.0914. The molecule has 0 aliphatic carbocycles.